The molecule has 1 unspecified atom stereocenters. The van der Waals surface area contributed by atoms with Crippen LogP contribution in [-0.4, -0.2) is 31.1 Å². The van der Waals surface area contributed by atoms with Crippen LogP contribution in [0.3, 0.4) is 0 Å². The van der Waals surface area contributed by atoms with E-state index in [-0.39, 0.29) is 11.1 Å². The van der Waals surface area contributed by atoms with Crippen molar-refractivity contribution >= 4 is 15.7 Å². The smallest absolute Gasteiger partial charge is 0.244 e. The number of aromatic amines is 1. The molecule has 2 N–H and O–H groups in total. The first kappa shape index (κ1) is 17.3. The zero-order valence-electron chi connectivity index (χ0n) is 15.1. The number of rotatable bonds is 4. The largest absolute Gasteiger partial charge is 0.457 e. The first-order valence-electron chi connectivity index (χ1n) is 9.26. The predicted molar refractivity (Wildman–Crippen MR) is 105 cm³/mol. The minimum Gasteiger partial charge on any atom is -0.457 e. The summed E-state index contributed by atoms with van der Waals surface area (Å²) in [6, 6.07) is 13.0. The molecular formula is C20H20N4O3S. The number of fused-ring (bicyclic) bond motifs is 3. The number of ether oxygens (including phenoxy) is 1. The van der Waals surface area contributed by atoms with Crippen molar-refractivity contribution in [1.82, 2.24) is 14.7 Å². The van der Waals surface area contributed by atoms with Crippen molar-refractivity contribution in [1.29, 1.82) is 0 Å². The minimum atomic E-state index is -3.54. The van der Waals surface area contributed by atoms with Crippen LogP contribution >= 0.6 is 0 Å². The molecule has 2 aromatic carbocycles. The number of nitrogens with zero attached hydrogens (tertiary/aromatic N) is 2. The number of H-pyrrole nitrogens is 1. The molecular weight excluding hydrogens is 376 g/mol. The Morgan fingerprint density at radius 3 is 2.93 bits per heavy atom. The van der Waals surface area contributed by atoms with Crippen LogP contribution in [0.5, 0.6) is 11.5 Å². The Morgan fingerprint density at radius 1 is 1.18 bits per heavy atom. The van der Waals surface area contributed by atoms with Gasteiger partial charge in [0.15, 0.2) is 0 Å². The number of hydrogen-bond donors (Lipinski definition) is 2. The molecule has 1 saturated heterocycles. The maximum Gasteiger partial charge on any atom is 0.244 e. The van der Waals surface area contributed by atoms with Gasteiger partial charge < -0.3 is 14.6 Å². The highest BCUT2D eigenvalue weighted by atomic mass is 32.2. The van der Waals surface area contributed by atoms with E-state index >= 15 is 0 Å². The standard InChI is InChI=1S/C20H20N4O3S/c25-28(26)19-11-17(6-7-18(19)24-8-2-5-20(24)23-28)27-16-4-1-3-14(10-16)9-15-12-21-13-22-15/h1,3-4,6-7,10-13,20,23H,2,5,8-9H2,(H,21,22). The lowest BCUT2D eigenvalue weighted by molar-refractivity contribution is 0.478. The Labute approximate surface area is 163 Å². The second-order valence-electron chi connectivity index (χ2n) is 7.09. The van der Waals surface area contributed by atoms with Crippen molar-refractivity contribution in [2.45, 2.75) is 30.3 Å². The molecule has 0 aliphatic carbocycles. The van der Waals surface area contributed by atoms with Gasteiger partial charge in [-0.2, -0.15) is 4.72 Å². The number of nitrogens with one attached hydrogen (secondary N) is 2. The summed E-state index contributed by atoms with van der Waals surface area (Å²) >= 11 is 0. The number of imidazole rings is 1. The SMILES string of the molecule is O=S1(=O)NC2CCCN2c2ccc(Oc3cccc(Cc4c[nH]cn4)c3)cc21. The Morgan fingerprint density at radius 2 is 2.07 bits per heavy atom. The Hall–Kier alpha value is -2.84. The number of sulfonamides is 1. The molecule has 2 aliphatic heterocycles. The number of hydrogen-bond acceptors (Lipinski definition) is 5. The van der Waals surface area contributed by atoms with Crippen LogP contribution in [0.25, 0.3) is 0 Å². The molecule has 28 heavy (non-hydrogen) atoms. The molecule has 2 aliphatic rings. The molecule has 144 valence electrons. The highest BCUT2D eigenvalue weighted by Gasteiger charge is 2.37. The van der Waals surface area contributed by atoms with Gasteiger partial charge in [0, 0.05) is 25.2 Å². The summed E-state index contributed by atoms with van der Waals surface area (Å²) in [4.78, 5) is 9.58. The van der Waals surface area contributed by atoms with E-state index in [1.807, 2.05) is 42.6 Å². The van der Waals surface area contributed by atoms with E-state index < -0.39 is 10.0 Å². The molecule has 0 amide bonds. The number of aromatic nitrogens is 2. The van der Waals surface area contributed by atoms with Crippen molar-refractivity contribution in [3.8, 4) is 11.5 Å². The van der Waals surface area contributed by atoms with Gasteiger partial charge in [0.2, 0.25) is 10.0 Å². The second-order valence-corrected chi connectivity index (χ2v) is 8.77. The van der Waals surface area contributed by atoms with Crippen LogP contribution in [0.2, 0.25) is 0 Å². The van der Waals surface area contributed by atoms with Gasteiger partial charge in [0.25, 0.3) is 0 Å². The summed E-state index contributed by atoms with van der Waals surface area (Å²) in [7, 11) is -3.54. The molecule has 7 nitrogen and oxygen atoms in total. The average molecular weight is 396 g/mol. The van der Waals surface area contributed by atoms with Crippen molar-refractivity contribution in [2.24, 2.45) is 0 Å². The molecule has 0 bridgehead atoms. The third-order valence-electron chi connectivity index (χ3n) is 5.15. The number of benzene rings is 2. The van der Waals surface area contributed by atoms with E-state index in [1.54, 1.807) is 12.4 Å². The van der Waals surface area contributed by atoms with Crippen molar-refractivity contribution in [3.63, 3.8) is 0 Å². The summed E-state index contributed by atoms with van der Waals surface area (Å²) in [5.41, 5.74) is 2.76. The van der Waals surface area contributed by atoms with Crippen molar-refractivity contribution in [2.75, 3.05) is 11.4 Å². The molecule has 3 heterocycles. The van der Waals surface area contributed by atoms with Gasteiger partial charge in [0.05, 0.1) is 23.9 Å². The van der Waals surface area contributed by atoms with E-state index in [4.69, 9.17) is 4.74 Å². The highest BCUT2D eigenvalue weighted by molar-refractivity contribution is 7.89. The van der Waals surface area contributed by atoms with E-state index in [2.05, 4.69) is 19.6 Å². The van der Waals surface area contributed by atoms with Crippen LogP contribution in [0.15, 0.2) is 59.9 Å². The van der Waals surface area contributed by atoms with Crippen LogP contribution in [-0.2, 0) is 16.4 Å². The van der Waals surface area contributed by atoms with E-state index in [0.29, 0.717) is 17.9 Å². The first-order chi connectivity index (χ1) is 13.6. The minimum absolute atomic E-state index is 0.136. The summed E-state index contributed by atoms with van der Waals surface area (Å²) in [5, 5.41) is 0. The number of anilines is 1. The quantitative estimate of drug-likeness (QED) is 0.708. The average Bonchev–Trinajstić information content (AvgIpc) is 3.34. The van der Waals surface area contributed by atoms with Gasteiger partial charge in [-0.15, -0.1) is 0 Å². The van der Waals surface area contributed by atoms with Crippen LogP contribution < -0.4 is 14.4 Å². The molecule has 3 aromatic rings. The molecule has 1 fully saturated rings. The topological polar surface area (TPSA) is 87.3 Å². The lowest BCUT2D eigenvalue weighted by atomic mass is 10.1. The molecule has 1 aromatic heterocycles. The zero-order chi connectivity index (χ0) is 19.1. The van der Waals surface area contributed by atoms with E-state index in [0.717, 1.165) is 36.3 Å². The van der Waals surface area contributed by atoms with Gasteiger partial charge in [0.1, 0.15) is 16.4 Å². The van der Waals surface area contributed by atoms with Crippen molar-refractivity contribution in [3.05, 3.63) is 66.2 Å². The maximum atomic E-state index is 12.6. The lowest BCUT2D eigenvalue weighted by Gasteiger charge is -2.33. The summed E-state index contributed by atoms with van der Waals surface area (Å²) in [6.07, 6.45) is 5.89. The molecule has 8 heteroatoms. The fourth-order valence-corrected chi connectivity index (χ4v) is 5.34. The molecule has 0 radical (unpaired) electrons. The Bertz CT molecular complexity index is 1110. The van der Waals surface area contributed by atoms with Gasteiger partial charge in [-0.05, 0) is 42.7 Å². The monoisotopic (exact) mass is 396 g/mol. The van der Waals surface area contributed by atoms with Crippen LogP contribution in [0.1, 0.15) is 24.1 Å². The summed E-state index contributed by atoms with van der Waals surface area (Å²) in [5.74, 6) is 1.16. The van der Waals surface area contributed by atoms with Gasteiger partial charge >= 0.3 is 0 Å². The predicted octanol–water partition coefficient (Wildman–Crippen LogP) is 3.01. The maximum absolute atomic E-state index is 12.6. The summed E-state index contributed by atoms with van der Waals surface area (Å²) < 4.78 is 34.0. The molecule has 0 spiro atoms. The van der Waals surface area contributed by atoms with Gasteiger partial charge in [-0.1, -0.05) is 12.1 Å². The van der Waals surface area contributed by atoms with Gasteiger partial charge in [-0.25, -0.2) is 13.4 Å². The fraction of sp³-hybridized carbons (Fsp3) is 0.250. The van der Waals surface area contributed by atoms with Gasteiger partial charge in [-0.3, -0.25) is 0 Å². The summed E-state index contributed by atoms with van der Waals surface area (Å²) in [6.45, 7) is 0.857. The Balaban J connectivity index is 1.42. The van der Waals surface area contributed by atoms with E-state index in [9.17, 15) is 8.42 Å². The lowest BCUT2D eigenvalue weighted by Crippen LogP contribution is -2.48. The van der Waals surface area contributed by atoms with Crippen LogP contribution in [0, 0.1) is 0 Å². The Kier molecular flexibility index (Phi) is 4.10. The second kappa shape index (κ2) is 6.65. The van der Waals surface area contributed by atoms with E-state index in [1.165, 1.54) is 0 Å². The molecule has 5 rings (SSSR count). The highest BCUT2D eigenvalue weighted by Crippen LogP contribution is 2.38. The normalized spacial score (nSPS) is 19.9. The first-order valence-corrected chi connectivity index (χ1v) is 10.7. The third-order valence-corrected chi connectivity index (χ3v) is 6.64. The molecule has 0 saturated carbocycles. The fourth-order valence-electron chi connectivity index (χ4n) is 3.88. The molecule has 1 atom stereocenters. The zero-order valence-corrected chi connectivity index (χ0v) is 15.9. The van der Waals surface area contributed by atoms with Crippen molar-refractivity contribution < 1.29 is 13.2 Å². The third kappa shape index (κ3) is 3.14. The van der Waals surface area contributed by atoms with Crippen LogP contribution in [0.4, 0.5) is 5.69 Å².